The maximum Gasteiger partial charge on any atom is 0.258 e. The Morgan fingerprint density at radius 3 is 2.59 bits per heavy atom. The Hall–Kier alpha value is -3.38. The molecular formula is C25H24ClN3O3. The van der Waals surface area contributed by atoms with Gasteiger partial charge >= 0.3 is 0 Å². The predicted molar refractivity (Wildman–Crippen MR) is 125 cm³/mol. The molecule has 1 aliphatic rings. The van der Waals surface area contributed by atoms with Gasteiger partial charge in [-0.15, -0.1) is 0 Å². The Balaban J connectivity index is 1.77. The van der Waals surface area contributed by atoms with Gasteiger partial charge in [-0.25, -0.2) is 4.98 Å². The summed E-state index contributed by atoms with van der Waals surface area (Å²) < 4.78 is 5.29. The second-order valence-corrected chi connectivity index (χ2v) is 8.23. The van der Waals surface area contributed by atoms with E-state index in [2.05, 4.69) is 4.98 Å². The molecule has 1 aromatic heterocycles. The first-order chi connectivity index (χ1) is 15.4. The van der Waals surface area contributed by atoms with E-state index in [1.165, 1.54) is 13.1 Å². The van der Waals surface area contributed by atoms with Crippen molar-refractivity contribution in [1.29, 1.82) is 0 Å². The van der Waals surface area contributed by atoms with E-state index in [9.17, 15) is 9.59 Å². The van der Waals surface area contributed by atoms with Crippen LogP contribution in [0.1, 0.15) is 42.2 Å². The van der Waals surface area contributed by atoms with Gasteiger partial charge < -0.3 is 9.64 Å². The fraction of sp³-hybridized carbons (Fsp3) is 0.240. The van der Waals surface area contributed by atoms with E-state index in [0.29, 0.717) is 28.6 Å². The number of para-hydroxylation sites is 1. The summed E-state index contributed by atoms with van der Waals surface area (Å²) in [4.78, 5) is 34.1. The molecule has 164 valence electrons. The van der Waals surface area contributed by atoms with Crippen LogP contribution in [0.4, 0.5) is 11.5 Å². The van der Waals surface area contributed by atoms with E-state index in [4.69, 9.17) is 16.3 Å². The third kappa shape index (κ3) is 4.06. The summed E-state index contributed by atoms with van der Waals surface area (Å²) in [6.45, 7) is 3.52. The summed E-state index contributed by atoms with van der Waals surface area (Å²) in [5.41, 5.74) is 2.23. The average molecular weight is 450 g/mol. The molecule has 0 bridgehead atoms. The molecule has 2 heterocycles. The first-order valence-electron chi connectivity index (χ1n) is 10.4. The molecule has 3 aromatic rings. The molecule has 4 rings (SSSR count). The number of halogens is 1. The van der Waals surface area contributed by atoms with Crippen LogP contribution < -0.4 is 14.5 Å². The Kier molecular flexibility index (Phi) is 6.15. The highest BCUT2D eigenvalue weighted by molar-refractivity contribution is 6.30. The topological polar surface area (TPSA) is 62.7 Å². The lowest BCUT2D eigenvalue weighted by molar-refractivity contribution is -0.117. The minimum absolute atomic E-state index is 0.110. The lowest BCUT2D eigenvalue weighted by Gasteiger charge is -2.43. The molecule has 32 heavy (non-hydrogen) atoms. The first-order valence-corrected chi connectivity index (χ1v) is 10.8. The van der Waals surface area contributed by atoms with Crippen LogP contribution in [-0.2, 0) is 4.79 Å². The number of ether oxygens (including phenoxy) is 1. The number of rotatable bonds is 4. The Morgan fingerprint density at radius 1 is 1.12 bits per heavy atom. The summed E-state index contributed by atoms with van der Waals surface area (Å²) >= 11 is 6.00. The summed E-state index contributed by atoms with van der Waals surface area (Å²) in [7, 11) is 1.58. The number of hydrogen-bond acceptors (Lipinski definition) is 4. The molecule has 2 aromatic carbocycles. The van der Waals surface area contributed by atoms with Crippen LogP contribution in [0.25, 0.3) is 0 Å². The van der Waals surface area contributed by atoms with E-state index in [-0.39, 0.29) is 23.9 Å². The number of carbonyl (C=O) groups is 2. The largest absolute Gasteiger partial charge is 0.497 e. The Morgan fingerprint density at radius 2 is 1.91 bits per heavy atom. The van der Waals surface area contributed by atoms with Gasteiger partial charge in [-0.1, -0.05) is 35.9 Å². The molecule has 0 saturated carbocycles. The van der Waals surface area contributed by atoms with Crippen molar-refractivity contribution >= 4 is 34.9 Å². The van der Waals surface area contributed by atoms with Crippen LogP contribution in [0.15, 0.2) is 66.9 Å². The monoisotopic (exact) mass is 449 g/mol. The number of pyridine rings is 1. The summed E-state index contributed by atoms with van der Waals surface area (Å²) in [5, 5.41) is 0.504. The van der Waals surface area contributed by atoms with Crippen molar-refractivity contribution in [2.75, 3.05) is 16.9 Å². The molecule has 2 atom stereocenters. The maximum absolute atomic E-state index is 13.5. The van der Waals surface area contributed by atoms with Crippen molar-refractivity contribution in [3.05, 3.63) is 83.0 Å². The molecule has 0 unspecified atom stereocenters. The van der Waals surface area contributed by atoms with Crippen molar-refractivity contribution in [1.82, 2.24) is 4.98 Å². The van der Waals surface area contributed by atoms with Crippen LogP contribution >= 0.6 is 11.6 Å². The Bertz CT molecular complexity index is 1150. The highest BCUT2D eigenvalue weighted by Gasteiger charge is 2.38. The number of aromatic nitrogens is 1. The van der Waals surface area contributed by atoms with Gasteiger partial charge in [0.05, 0.1) is 18.2 Å². The first kappa shape index (κ1) is 21.8. The molecule has 0 spiro atoms. The van der Waals surface area contributed by atoms with Crippen molar-refractivity contribution in [3.8, 4) is 5.75 Å². The van der Waals surface area contributed by atoms with Gasteiger partial charge in [0, 0.05) is 30.4 Å². The van der Waals surface area contributed by atoms with Crippen molar-refractivity contribution in [3.63, 3.8) is 0 Å². The number of hydrogen-bond donors (Lipinski definition) is 0. The number of amides is 2. The van der Waals surface area contributed by atoms with Crippen LogP contribution in [0, 0.1) is 0 Å². The van der Waals surface area contributed by atoms with Crippen molar-refractivity contribution in [2.24, 2.45) is 0 Å². The summed E-state index contributed by atoms with van der Waals surface area (Å²) in [6.07, 6.45) is 2.10. The smallest absolute Gasteiger partial charge is 0.258 e. The minimum Gasteiger partial charge on any atom is -0.497 e. The van der Waals surface area contributed by atoms with E-state index in [0.717, 1.165) is 11.3 Å². The maximum atomic E-state index is 13.5. The number of methoxy groups -OCH3 is 1. The third-order valence-corrected chi connectivity index (χ3v) is 5.93. The van der Waals surface area contributed by atoms with Crippen molar-refractivity contribution < 1.29 is 14.3 Å². The number of carbonyl (C=O) groups excluding carboxylic acids is 2. The average Bonchev–Trinajstić information content (AvgIpc) is 2.80. The zero-order valence-electron chi connectivity index (χ0n) is 18.2. The summed E-state index contributed by atoms with van der Waals surface area (Å²) in [6, 6.07) is 17.9. The molecule has 7 heteroatoms. The fourth-order valence-electron chi connectivity index (χ4n) is 4.28. The van der Waals surface area contributed by atoms with Crippen LogP contribution in [-0.4, -0.2) is 29.9 Å². The highest BCUT2D eigenvalue weighted by Crippen LogP contribution is 2.42. The number of benzene rings is 2. The van der Waals surface area contributed by atoms with E-state index < -0.39 is 0 Å². The van der Waals surface area contributed by atoms with Crippen LogP contribution in [0.5, 0.6) is 5.75 Å². The molecule has 6 nitrogen and oxygen atoms in total. The number of fused-ring (bicyclic) bond motifs is 1. The van der Waals surface area contributed by atoms with E-state index in [1.807, 2.05) is 37.3 Å². The van der Waals surface area contributed by atoms with Gasteiger partial charge in [-0.3, -0.25) is 14.5 Å². The lowest BCUT2D eigenvalue weighted by Crippen LogP contribution is -2.47. The molecule has 0 fully saturated rings. The van der Waals surface area contributed by atoms with Crippen molar-refractivity contribution in [2.45, 2.75) is 32.4 Å². The number of nitrogens with zero attached hydrogens (tertiary/aromatic N) is 3. The quantitative estimate of drug-likeness (QED) is 0.543. The zero-order valence-corrected chi connectivity index (χ0v) is 18.9. The van der Waals surface area contributed by atoms with Gasteiger partial charge in [0.2, 0.25) is 5.91 Å². The highest BCUT2D eigenvalue weighted by atomic mass is 35.5. The fourth-order valence-corrected chi connectivity index (χ4v) is 4.39. The van der Waals surface area contributed by atoms with Crippen LogP contribution in [0.2, 0.25) is 5.02 Å². The Labute approximate surface area is 192 Å². The lowest BCUT2D eigenvalue weighted by atomic mass is 9.89. The van der Waals surface area contributed by atoms with E-state index >= 15 is 0 Å². The van der Waals surface area contributed by atoms with Gasteiger partial charge in [0.15, 0.2) is 0 Å². The molecular weight excluding hydrogens is 426 g/mol. The minimum atomic E-state index is -0.262. The molecule has 0 aliphatic carbocycles. The standard InChI is InChI=1S/C25H24ClN3O3/c1-16-13-23(29(17(2)30)24-12-11-19(26)15-27-24)21-9-4-5-10-22(21)28(16)25(31)18-7-6-8-20(14-18)32-3/h4-12,14-16,23H,13H2,1-3H3/t16-,23+/m0/s1. The molecule has 0 radical (unpaired) electrons. The second-order valence-electron chi connectivity index (χ2n) is 7.79. The van der Waals surface area contributed by atoms with Gasteiger partial charge in [0.1, 0.15) is 11.6 Å². The summed E-state index contributed by atoms with van der Waals surface area (Å²) in [5.74, 6) is 0.922. The third-order valence-electron chi connectivity index (χ3n) is 5.71. The molecule has 0 saturated heterocycles. The SMILES string of the molecule is COc1cccc(C(=O)N2c3ccccc3[C@H](N(C(C)=O)c3ccc(Cl)cn3)C[C@@H]2C)c1. The van der Waals surface area contributed by atoms with Gasteiger partial charge in [-0.05, 0) is 55.3 Å². The zero-order chi connectivity index (χ0) is 22.8. The molecule has 1 aliphatic heterocycles. The second kappa shape index (κ2) is 9.01. The van der Waals surface area contributed by atoms with E-state index in [1.54, 1.807) is 47.2 Å². The van der Waals surface area contributed by atoms with Gasteiger partial charge in [0.25, 0.3) is 5.91 Å². The number of anilines is 2. The van der Waals surface area contributed by atoms with Gasteiger partial charge in [-0.2, -0.15) is 0 Å². The molecule has 2 amide bonds. The normalized spacial score (nSPS) is 17.4. The predicted octanol–water partition coefficient (Wildman–Crippen LogP) is 5.28. The molecule has 0 N–H and O–H groups in total. The van der Waals surface area contributed by atoms with Crippen LogP contribution in [0.3, 0.4) is 0 Å².